The Morgan fingerprint density at radius 3 is 2.93 bits per heavy atom. The van der Waals surface area contributed by atoms with Gasteiger partial charge in [0, 0.05) is 17.3 Å². The summed E-state index contributed by atoms with van der Waals surface area (Å²) in [5, 5.41) is 10.6. The summed E-state index contributed by atoms with van der Waals surface area (Å²) in [5.41, 5.74) is 2.47. The van der Waals surface area contributed by atoms with E-state index in [1.54, 1.807) is 0 Å². The van der Waals surface area contributed by atoms with Gasteiger partial charge in [-0.2, -0.15) is 5.10 Å². The van der Waals surface area contributed by atoms with Crippen molar-refractivity contribution in [1.29, 1.82) is 0 Å². The highest BCUT2D eigenvalue weighted by Gasteiger charge is 2.17. The number of H-pyrrole nitrogens is 1. The summed E-state index contributed by atoms with van der Waals surface area (Å²) < 4.78 is 0. The van der Waals surface area contributed by atoms with Gasteiger partial charge in [-0.05, 0) is 32.7 Å². The van der Waals surface area contributed by atoms with Crippen LogP contribution >= 0.6 is 0 Å². The number of aromatic amines is 1. The molecule has 1 aromatic rings. The molecule has 2 rings (SSSR count). The molecule has 0 saturated heterocycles. The molecule has 1 atom stereocenters. The summed E-state index contributed by atoms with van der Waals surface area (Å²) in [4.78, 5) is 0. The quantitative estimate of drug-likeness (QED) is 0.779. The normalized spacial score (nSPS) is 18.8. The van der Waals surface area contributed by atoms with E-state index >= 15 is 0 Å². The molecule has 1 aromatic heterocycles. The molecule has 0 bridgehead atoms. The Balaban J connectivity index is 1.72. The van der Waals surface area contributed by atoms with Crippen LogP contribution < -0.4 is 5.32 Å². The molecule has 1 aliphatic rings. The Morgan fingerprint density at radius 2 is 2.40 bits per heavy atom. The summed E-state index contributed by atoms with van der Waals surface area (Å²) in [6, 6.07) is 0.420. The van der Waals surface area contributed by atoms with Crippen molar-refractivity contribution in [3.63, 3.8) is 0 Å². The van der Waals surface area contributed by atoms with Crippen molar-refractivity contribution >= 4 is 0 Å². The minimum Gasteiger partial charge on any atom is -0.310 e. The lowest BCUT2D eigenvalue weighted by atomic mass is 9.83. The van der Waals surface area contributed by atoms with E-state index in [2.05, 4.69) is 29.4 Å². The van der Waals surface area contributed by atoms with Crippen molar-refractivity contribution < 1.29 is 0 Å². The third-order valence-electron chi connectivity index (χ3n) is 3.56. The zero-order valence-corrected chi connectivity index (χ0v) is 9.71. The number of nitrogens with one attached hydrogen (secondary N) is 2. The average Bonchev–Trinajstić information content (AvgIpc) is 2.55. The maximum Gasteiger partial charge on any atom is 0.0537 e. The minimum absolute atomic E-state index is 0.420. The lowest BCUT2D eigenvalue weighted by Gasteiger charge is -2.26. The first kappa shape index (κ1) is 10.7. The molecule has 1 unspecified atom stereocenters. The Morgan fingerprint density at radius 1 is 1.60 bits per heavy atom. The zero-order valence-electron chi connectivity index (χ0n) is 9.71. The molecule has 0 aromatic carbocycles. The van der Waals surface area contributed by atoms with Gasteiger partial charge in [0.1, 0.15) is 0 Å². The van der Waals surface area contributed by atoms with Crippen LogP contribution in [0.2, 0.25) is 0 Å². The standard InChI is InChI=1S/C12H21N3/c1-9(12-8-14-15-10(12)2)13-7-6-11-4-3-5-11/h8-9,11,13H,3-7H2,1-2H3,(H,14,15). The molecule has 0 spiro atoms. The Labute approximate surface area is 91.7 Å². The Kier molecular flexibility index (Phi) is 3.41. The van der Waals surface area contributed by atoms with E-state index in [9.17, 15) is 0 Å². The molecule has 1 aliphatic carbocycles. The van der Waals surface area contributed by atoms with Crippen molar-refractivity contribution in [2.45, 2.75) is 45.6 Å². The van der Waals surface area contributed by atoms with Gasteiger partial charge >= 0.3 is 0 Å². The molecular weight excluding hydrogens is 186 g/mol. The van der Waals surface area contributed by atoms with Crippen molar-refractivity contribution in [3.05, 3.63) is 17.5 Å². The first-order valence-corrected chi connectivity index (χ1v) is 6.00. The fraction of sp³-hybridized carbons (Fsp3) is 0.750. The predicted octanol–water partition coefficient (Wildman–Crippen LogP) is 2.56. The van der Waals surface area contributed by atoms with E-state index in [0.29, 0.717) is 6.04 Å². The summed E-state index contributed by atoms with van der Waals surface area (Å²) in [6.07, 6.45) is 7.60. The lowest BCUT2D eigenvalue weighted by Crippen LogP contribution is -2.24. The van der Waals surface area contributed by atoms with Crippen LogP contribution in [-0.4, -0.2) is 16.7 Å². The van der Waals surface area contributed by atoms with E-state index in [0.717, 1.165) is 12.5 Å². The summed E-state index contributed by atoms with van der Waals surface area (Å²) >= 11 is 0. The molecular formula is C12H21N3. The van der Waals surface area contributed by atoms with Gasteiger partial charge in [-0.15, -0.1) is 0 Å². The van der Waals surface area contributed by atoms with Crippen LogP contribution in [0.3, 0.4) is 0 Å². The maximum atomic E-state index is 4.05. The third-order valence-corrected chi connectivity index (χ3v) is 3.56. The van der Waals surface area contributed by atoms with Gasteiger partial charge in [-0.1, -0.05) is 19.3 Å². The minimum atomic E-state index is 0.420. The summed E-state index contributed by atoms with van der Waals surface area (Å²) in [7, 11) is 0. The van der Waals surface area contributed by atoms with Crippen LogP contribution in [0.1, 0.15) is 49.9 Å². The number of aromatic nitrogens is 2. The highest BCUT2D eigenvalue weighted by molar-refractivity contribution is 5.18. The topological polar surface area (TPSA) is 40.7 Å². The van der Waals surface area contributed by atoms with Crippen LogP contribution in [0, 0.1) is 12.8 Å². The lowest BCUT2D eigenvalue weighted by molar-refractivity contribution is 0.288. The van der Waals surface area contributed by atoms with Crippen molar-refractivity contribution in [1.82, 2.24) is 15.5 Å². The first-order chi connectivity index (χ1) is 7.27. The second-order valence-corrected chi connectivity index (χ2v) is 4.71. The molecule has 0 amide bonds. The molecule has 0 radical (unpaired) electrons. The van der Waals surface area contributed by atoms with Gasteiger partial charge in [0.15, 0.2) is 0 Å². The van der Waals surface area contributed by atoms with E-state index in [1.807, 2.05) is 6.20 Å². The summed E-state index contributed by atoms with van der Waals surface area (Å²) in [5.74, 6) is 0.996. The highest BCUT2D eigenvalue weighted by Crippen LogP contribution is 2.29. The number of rotatable bonds is 5. The summed E-state index contributed by atoms with van der Waals surface area (Å²) in [6.45, 7) is 5.42. The molecule has 84 valence electrons. The molecule has 3 nitrogen and oxygen atoms in total. The van der Waals surface area contributed by atoms with Gasteiger partial charge in [-0.25, -0.2) is 0 Å². The van der Waals surface area contributed by atoms with Crippen molar-refractivity contribution in [2.75, 3.05) is 6.54 Å². The number of nitrogens with zero attached hydrogens (tertiary/aromatic N) is 1. The maximum absolute atomic E-state index is 4.05. The van der Waals surface area contributed by atoms with Crippen molar-refractivity contribution in [3.8, 4) is 0 Å². The second kappa shape index (κ2) is 4.79. The van der Waals surface area contributed by atoms with Crippen molar-refractivity contribution in [2.24, 2.45) is 5.92 Å². The van der Waals surface area contributed by atoms with E-state index in [-0.39, 0.29) is 0 Å². The van der Waals surface area contributed by atoms with Crippen LogP contribution in [-0.2, 0) is 0 Å². The van der Waals surface area contributed by atoms with Crippen LogP contribution in [0.4, 0.5) is 0 Å². The average molecular weight is 207 g/mol. The van der Waals surface area contributed by atoms with Crippen LogP contribution in [0.5, 0.6) is 0 Å². The molecule has 1 saturated carbocycles. The Hall–Kier alpha value is -0.830. The third kappa shape index (κ3) is 2.59. The van der Waals surface area contributed by atoms with Gasteiger partial charge in [-0.3, -0.25) is 5.10 Å². The number of aryl methyl sites for hydroxylation is 1. The molecule has 1 fully saturated rings. The molecule has 1 heterocycles. The highest BCUT2D eigenvalue weighted by atomic mass is 15.1. The smallest absolute Gasteiger partial charge is 0.0537 e. The number of hydrogen-bond donors (Lipinski definition) is 2. The van der Waals surface area contributed by atoms with Crippen LogP contribution in [0.15, 0.2) is 6.20 Å². The van der Waals surface area contributed by atoms with E-state index < -0.39 is 0 Å². The van der Waals surface area contributed by atoms with Gasteiger partial charge in [0.25, 0.3) is 0 Å². The molecule has 0 aliphatic heterocycles. The predicted molar refractivity (Wildman–Crippen MR) is 61.7 cm³/mol. The molecule has 3 heteroatoms. The van der Waals surface area contributed by atoms with Gasteiger partial charge in [0.2, 0.25) is 0 Å². The zero-order chi connectivity index (χ0) is 10.7. The van der Waals surface area contributed by atoms with E-state index in [1.165, 1.54) is 36.9 Å². The first-order valence-electron chi connectivity index (χ1n) is 6.00. The fourth-order valence-corrected chi connectivity index (χ4v) is 2.19. The SMILES string of the molecule is Cc1[nH]ncc1C(C)NCCC1CCC1. The monoisotopic (exact) mass is 207 g/mol. The molecule has 15 heavy (non-hydrogen) atoms. The fourth-order valence-electron chi connectivity index (χ4n) is 2.19. The van der Waals surface area contributed by atoms with Gasteiger partial charge in [0.05, 0.1) is 6.20 Å². The molecule has 2 N–H and O–H groups in total. The van der Waals surface area contributed by atoms with Gasteiger partial charge < -0.3 is 5.32 Å². The second-order valence-electron chi connectivity index (χ2n) is 4.71. The Bertz CT molecular complexity index is 302. The largest absolute Gasteiger partial charge is 0.310 e. The van der Waals surface area contributed by atoms with E-state index in [4.69, 9.17) is 0 Å². The van der Waals surface area contributed by atoms with Crippen LogP contribution in [0.25, 0.3) is 0 Å². The number of hydrogen-bond acceptors (Lipinski definition) is 2.